The lowest BCUT2D eigenvalue weighted by Gasteiger charge is -2.14. The molecule has 0 heterocycles. The van der Waals surface area contributed by atoms with Crippen molar-refractivity contribution in [1.29, 1.82) is 0 Å². The van der Waals surface area contributed by atoms with E-state index in [0.29, 0.717) is 6.07 Å². The zero-order chi connectivity index (χ0) is 19.7. The molecule has 0 saturated heterocycles. The first kappa shape index (κ1) is 19.5. The van der Waals surface area contributed by atoms with Gasteiger partial charge in [-0.3, -0.25) is 14.8 Å². The maximum absolute atomic E-state index is 13.0. The van der Waals surface area contributed by atoms with Gasteiger partial charge >= 0.3 is 6.18 Å². The van der Waals surface area contributed by atoms with Gasteiger partial charge in [0.15, 0.2) is 0 Å². The molecule has 0 amide bonds. The number of aryl methyl sites for hydroxylation is 1. The molecule has 0 aliphatic heterocycles. The van der Waals surface area contributed by atoms with Gasteiger partial charge in [0.2, 0.25) is 0 Å². The molecule has 0 aliphatic carbocycles. The number of nitrogens with one attached hydrogen (secondary N) is 1. The number of sulfonamides is 1. The summed E-state index contributed by atoms with van der Waals surface area (Å²) in [4.78, 5) is 9.58. The smallest absolute Gasteiger partial charge is 0.416 e. The first-order valence-corrected chi connectivity index (χ1v) is 8.47. The van der Waals surface area contributed by atoms with Crippen molar-refractivity contribution in [2.45, 2.75) is 18.0 Å². The summed E-state index contributed by atoms with van der Waals surface area (Å²) in [6.07, 6.45) is -4.64. The summed E-state index contributed by atoms with van der Waals surface area (Å²) in [6, 6.07) is 5.79. The van der Waals surface area contributed by atoms with Gasteiger partial charge in [-0.05, 0) is 30.7 Å². The maximum Gasteiger partial charge on any atom is 0.416 e. The minimum Gasteiger partial charge on any atom is -0.495 e. The van der Waals surface area contributed by atoms with Crippen molar-refractivity contribution in [1.82, 2.24) is 0 Å². The minimum atomic E-state index is -4.64. The van der Waals surface area contributed by atoms with E-state index in [-0.39, 0.29) is 17.0 Å². The van der Waals surface area contributed by atoms with E-state index in [1.54, 1.807) is 0 Å². The first-order valence-electron chi connectivity index (χ1n) is 6.99. The SMILES string of the molecule is COc1cc([N+](=O)[O-])ccc1S(=O)(=O)Nc1ccc(C)c(C(F)(F)F)c1. The number of non-ortho nitro benzene ring substituents is 1. The second-order valence-corrected chi connectivity index (χ2v) is 6.88. The summed E-state index contributed by atoms with van der Waals surface area (Å²) in [6.45, 7) is 1.25. The third-order valence-electron chi connectivity index (χ3n) is 3.44. The second-order valence-electron chi connectivity index (χ2n) is 5.23. The summed E-state index contributed by atoms with van der Waals surface area (Å²) < 4.78 is 70.7. The molecule has 0 fully saturated rings. The largest absolute Gasteiger partial charge is 0.495 e. The number of ether oxygens (including phenoxy) is 1. The zero-order valence-electron chi connectivity index (χ0n) is 13.5. The molecule has 2 aromatic rings. The van der Waals surface area contributed by atoms with E-state index in [1.807, 2.05) is 4.72 Å². The maximum atomic E-state index is 13.0. The number of benzene rings is 2. The molecule has 1 N–H and O–H groups in total. The number of alkyl halides is 3. The van der Waals surface area contributed by atoms with E-state index in [2.05, 4.69) is 0 Å². The quantitative estimate of drug-likeness (QED) is 0.620. The lowest BCUT2D eigenvalue weighted by Crippen LogP contribution is -2.15. The van der Waals surface area contributed by atoms with Crippen molar-refractivity contribution in [2.24, 2.45) is 0 Å². The van der Waals surface area contributed by atoms with Crippen LogP contribution in [0.1, 0.15) is 11.1 Å². The van der Waals surface area contributed by atoms with E-state index in [1.165, 1.54) is 13.0 Å². The number of halogens is 3. The number of nitro groups is 1. The van der Waals surface area contributed by atoms with Gasteiger partial charge in [0.25, 0.3) is 15.7 Å². The van der Waals surface area contributed by atoms with Gasteiger partial charge in [-0.1, -0.05) is 6.07 Å². The van der Waals surface area contributed by atoms with Gasteiger partial charge in [0.05, 0.1) is 23.7 Å². The Morgan fingerprint density at radius 2 is 1.81 bits per heavy atom. The molecule has 0 atom stereocenters. The van der Waals surface area contributed by atoms with Crippen LogP contribution >= 0.6 is 0 Å². The molecule has 2 rings (SSSR count). The lowest BCUT2D eigenvalue weighted by molar-refractivity contribution is -0.385. The summed E-state index contributed by atoms with van der Waals surface area (Å²) in [5.74, 6) is -0.310. The molecule has 2 aromatic carbocycles. The van der Waals surface area contributed by atoms with E-state index >= 15 is 0 Å². The molecular formula is C15H13F3N2O5S. The Balaban J connectivity index is 2.45. The second kappa shape index (κ2) is 6.83. The Kier molecular flexibility index (Phi) is 5.12. The topological polar surface area (TPSA) is 98.5 Å². The summed E-state index contributed by atoms with van der Waals surface area (Å²) >= 11 is 0. The van der Waals surface area contributed by atoms with Crippen LogP contribution in [-0.4, -0.2) is 20.5 Å². The third kappa shape index (κ3) is 4.04. The molecule has 140 valence electrons. The third-order valence-corrected chi connectivity index (χ3v) is 4.86. The van der Waals surface area contributed by atoms with Crippen LogP contribution in [0.4, 0.5) is 24.5 Å². The average Bonchev–Trinajstić information content (AvgIpc) is 2.54. The Hall–Kier alpha value is -2.82. The summed E-state index contributed by atoms with van der Waals surface area (Å²) in [5, 5.41) is 10.8. The average molecular weight is 390 g/mol. The molecule has 0 aromatic heterocycles. The van der Waals surface area contributed by atoms with E-state index < -0.39 is 37.3 Å². The van der Waals surface area contributed by atoms with Crippen molar-refractivity contribution in [2.75, 3.05) is 11.8 Å². The van der Waals surface area contributed by atoms with Crippen molar-refractivity contribution in [3.8, 4) is 5.75 Å². The van der Waals surface area contributed by atoms with Crippen LogP contribution in [0.5, 0.6) is 5.75 Å². The first-order chi connectivity index (χ1) is 12.0. The monoisotopic (exact) mass is 390 g/mol. The fraction of sp³-hybridized carbons (Fsp3) is 0.200. The zero-order valence-corrected chi connectivity index (χ0v) is 14.3. The minimum absolute atomic E-state index is 0.0617. The van der Waals surface area contributed by atoms with E-state index in [9.17, 15) is 31.7 Å². The Labute approximate surface area is 146 Å². The number of hydrogen-bond donors (Lipinski definition) is 1. The lowest BCUT2D eigenvalue weighted by atomic mass is 10.1. The van der Waals surface area contributed by atoms with Crippen LogP contribution in [-0.2, 0) is 16.2 Å². The van der Waals surface area contributed by atoms with Crippen LogP contribution in [0.15, 0.2) is 41.3 Å². The van der Waals surface area contributed by atoms with Gasteiger partial charge in [-0.15, -0.1) is 0 Å². The van der Waals surface area contributed by atoms with Gasteiger partial charge in [-0.25, -0.2) is 8.42 Å². The summed E-state index contributed by atoms with van der Waals surface area (Å²) in [7, 11) is -3.22. The molecule has 0 radical (unpaired) electrons. The Morgan fingerprint density at radius 1 is 1.15 bits per heavy atom. The fourth-order valence-corrected chi connectivity index (χ4v) is 3.39. The predicted molar refractivity (Wildman–Crippen MR) is 86.6 cm³/mol. The highest BCUT2D eigenvalue weighted by atomic mass is 32.2. The molecular weight excluding hydrogens is 377 g/mol. The van der Waals surface area contributed by atoms with Gasteiger partial charge < -0.3 is 4.74 Å². The molecule has 7 nitrogen and oxygen atoms in total. The van der Waals surface area contributed by atoms with Crippen molar-refractivity contribution in [3.05, 3.63) is 57.6 Å². The summed E-state index contributed by atoms with van der Waals surface area (Å²) in [5.41, 5.74) is -1.74. The molecule has 0 spiro atoms. The number of nitrogens with zero attached hydrogens (tertiary/aromatic N) is 1. The van der Waals surface area contributed by atoms with Crippen LogP contribution in [0.2, 0.25) is 0 Å². The highest BCUT2D eigenvalue weighted by Gasteiger charge is 2.33. The van der Waals surface area contributed by atoms with Crippen LogP contribution in [0.3, 0.4) is 0 Å². The van der Waals surface area contributed by atoms with Crippen LogP contribution < -0.4 is 9.46 Å². The normalized spacial score (nSPS) is 11.9. The number of rotatable bonds is 5. The number of anilines is 1. The van der Waals surface area contributed by atoms with E-state index in [4.69, 9.17) is 4.74 Å². The number of methoxy groups -OCH3 is 1. The highest BCUT2D eigenvalue weighted by molar-refractivity contribution is 7.92. The molecule has 0 bridgehead atoms. The van der Waals surface area contributed by atoms with E-state index in [0.717, 1.165) is 31.4 Å². The molecule has 11 heteroatoms. The molecule has 0 aliphatic rings. The van der Waals surface area contributed by atoms with Gasteiger partial charge in [-0.2, -0.15) is 13.2 Å². The van der Waals surface area contributed by atoms with Crippen molar-refractivity contribution < 1.29 is 31.2 Å². The van der Waals surface area contributed by atoms with Gasteiger partial charge in [0.1, 0.15) is 10.6 Å². The number of hydrogen-bond acceptors (Lipinski definition) is 5. The van der Waals surface area contributed by atoms with Crippen molar-refractivity contribution in [3.63, 3.8) is 0 Å². The highest BCUT2D eigenvalue weighted by Crippen LogP contribution is 2.35. The van der Waals surface area contributed by atoms with Gasteiger partial charge in [0, 0.05) is 11.8 Å². The molecule has 26 heavy (non-hydrogen) atoms. The fourth-order valence-electron chi connectivity index (χ4n) is 2.19. The molecule has 0 saturated carbocycles. The number of nitro benzene ring substituents is 1. The molecule has 0 unspecified atom stereocenters. The standard InChI is InChI=1S/C15H13F3N2O5S/c1-9-3-4-10(7-12(9)15(16,17)18)19-26(23,24)14-6-5-11(20(21)22)8-13(14)25-2/h3-8,19H,1-2H3. The van der Waals surface area contributed by atoms with Crippen molar-refractivity contribution >= 4 is 21.4 Å². The predicted octanol–water partition coefficient (Wildman–Crippen LogP) is 3.73. The van der Waals surface area contributed by atoms with Crippen LogP contribution in [0.25, 0.3) is 0 Å². The van der Waals surface area contributed by atoms with Crippen LogP contribution in [0, 0.1) is 17.0 Å². The Bertz CT molecular complexity index is 958. The Morgan fingerprint density at radius 3 is 2.35 bits per heavy atom.